The highest BCUT2D eigenvalue weighted by atomic mass is 19.1. The zero-order chi connectivity index (χ0) is 26.4. The van der Waals surface area contributed by atoms with Gasteiger partial charge in [0, 0.05) is 48.5 Å². The van der Waals surface area contributed by atoms with Gasteiger partial charge in [-0.1, -0.05) is 0 Å². The zero-order valence-electron chi connectivity index (χ0n) is 21.2. The second-order valence-corrected chi connectivity index (χ2v) is 9.99. The molecule has 8 nitrogen and oxygen atoms in total. The molecule has 2 atom stereocenters. The third-order valence-electron chi connectivity index (χ3n) is 7.16. The quantitative estimate of drug-likeness (QED) is 0.310. The van der Waals surface area contributed by atoms with Crippen LogP contribution in [0.15, 0.2) is 36.7 Å². The van der Waals surface area contributed by atoms with Crippen molar-refractivity contribution < 1.29 is 23.0 Å². The van der Waals surface area contributed by atoms with Gasteiger partial charge < -0.3 is 9.47 Å². The van der Waals surface area contributed by atoms with E-state index in [4.69, 9.17) is 19.4 Å². The summed E-state index contributed by atoms with van der Waals surface area (Å²) in [5.74, 6) is -1.82. The van der Waals surface area contributed by atoms with Crippen molar-refractivity contribution in [2.45, 2.75) is 64.2 Å². The number of carbonyl (C=O) groups excluding carboxylic acids is 1. The lowest BCUT2D eigenvalue weighted by atomic mass is 9.89. The minimum Gasteiger partial charge on any atom is -0.459 e. The molecule has 196 valence electrons. The summed E-state index contributed by atoms with van der Waals surface area (Å²) < 4.78 is 42.0. The van der Waals surface area contributed by atoms with Crippen molar-refractivity contribution in [3.63, 3.8) is 0 Å². The molecule has 2 fully saturated rings. The first-order valence-electron chi connectivity index (χ1n) is 12.8. The molecule has 0 radical (unpaired) electrons. The Bertz CT molecular complexity index is 1530. The Morgan fingerprint density at radius 2 is 2.00 bits per heavy atom. The Morgan fingerprint density at radius 3 is 2.76 bits per heavy atom. The van der Waals surface area contributed by atoms with Crippen molar-refractivity contribution in [1.82, 2.24) is 24.7 Å². The first kappa shape index (κ1) is 24.5. The van der Waals surface area contributed by atoms with Gasteiger partial charge in [0.1, 0.15) is 29.5 Å². The third-order valence-corrected chi connectivity index (χ3v) is 7.16. The monoisotopic (exact) mass is 519 g/mol. The van der Waals surface area contributed by atoms with Gasteiger partial charge >= 0.3 is 5.97 Å². The van der Waals surface area contributed by atoms with Gasteiger partial charge in [0.05, 0.1) is 35.2 Å². The first-order valence-corrected chi connectivity index (χ1v) is 12.8. The first-order chi connectivity index (χ1) is 18.4. The summed E-state index contributed by atoms with van der Waals surface area (Å²) in [6.07, 6.45) is 7.56. The van der Waals surface area contributed by atoms with Crippen LogP contribution in [-0.4, -0.2) is 37.3 Å². The van der Waals surface area contributed by atoms with Gasteiger partial charge in [0.2, 0.25) is 0 Å². The molecule has 1 aliphatic heterocycles. The van der Waals surface area contributed by atoms with E-state index in [2.05, 4.69) is 16.3 Å². The average Bonchev–Trinajstić information content (AvgIpc) is 3.63. The van der Waals surface area contributed by atoms with E-state index in [0.717, 1.165) is 36.6 Å². The molecule has 1 saturated heterocycles. The highest BCUT2D eigenvalue weighted by Crippen LogP contribution is 2.40. The van der Waals surface area contributed by atoms with Gasteiger partial charge in [-0.2, -0.15) is 5.10 Å². The number of aromatic nitrogens is 5. The SMILES string of the molecule is CC(=O)OCc1nc2c(-c3ccc(F)cc3F)nc([C@@H]3CCO[C@@H](c4cnn(C5CC5)c4)C3)cc2nc1C. The minimum absolute atomic E-state index is 0.0347. The maximum atomic E-state index is 15.0. The van der Waals surface area contributed by atoms with Crippen molar-refractivity contribution in [3.8, 4) is 11.3 Å². The second-order valence-electron chi connectivity index (χ2n) is 9.99. The van der Waals surface area contributed by atoms with Crippen molar-refractivity contribution in [3.05, 3.63) is 70.9 Å². The number of esters is 1. The fraction of sp³-hybridized carbons (Fsp3) is 0.393. The Hall–Kier alpha value is -3.79. The Balaban J connectivity index is 1.41. The molecule has 0 N–H and O–H groups in total. The fourth-order valence-corrected chi connectivity index (χ4v) is 4.94. The van der Waals surface area contributed by atoms with E-state index in [-0.39, 0.29) is 29.9 Å². The summed E-state index contributed by atoms with van der Waals surface area (Å²) in [7, 11) is 0. The Kier molecular flexibility index (Phi) is 6.35. The summed E-state index contributed by atoms with van der Waals surface area (Å²) >= 11 is 0. The van der Waals surface area contributed by atoms with Gasteiger partial charge in [-0.25, -0.2) is 23.7 Å². The van der Waals surface area contributed by atoms with E-state index in [9.17, 15) is 9.18 Å². The number of rotatable bonds is 6. The molecule has 0 bridgehead atoms. The van der Waals surface area contributed by atoms with Gasteiger partial charge in [-0.05, 0) is 50.8 Å². The minimum atomic E-state index is -0.739. The number of benzene rings is 1. The van der Waals surface area contributed by atoms with Crippen LogP contribution >= 0.6 is 0 Å². The van der Waals surface area contributed by atoms with Crippen LogP contribution in [0.4, 0.5) is 8.78 Å². The smallest absolute Gasteiger partial charge is 0.303 e. The fourth-order valence-electron chi connectivity index (χ4n) is 4.94. The molecule has 0 unspecified atom stereocenters. The van der Waals surface area contributed by atoms with Gasteiger partial charge in [0.15, 0.2) is 0 Å². The van der Waals surface area contributed by atoms with Gasteiger partial charge in [-0.3, -0.25) is 9.48 Å². The topological polar surface area (TPSA) is 92.0 Å². The molecule has 1 saturated carbocycles. The van der Waals surface area contributed by atoms with E-state index < -0.39 is 17.6 Å². The number of hydrogen-bond donors (Lipinski definition) is 0. The number of fused-ring (bicyclic) bond motifs is 1. The summed E-state index contributed by atoms with van der Waals surface area (Å²) in [4.78, 5) is 25.6. The lowest BCUT2D eigenvalue weighted by Crippen LogP contribution is -2.19. The molecular weight excluding hydrogens is 492 g/mol. The van der Waals surface area contributed by atoms with Crippen LogP contribution in [0, 0.1) is 18.6 Å². The molecule has 4 heterocycles. The standard InChI is InChI=1S/C28H27F2N5O3/c1-15-25(14-38-16(2)36)34-28-24(32-15)11-23(33-27(28)21-6-3-19(29)10-22(21)30)17-7-8-37-26(9-17)18-12-31-35(13-18)20-4-5-20/h3,6,10-13,17,20,26H,4-5,7-9,14H2,1-2H3/t17-,26-/m1/s1. The van der Waals surface area contributed by atoms with Crippen LogP contribution < -0.4 is 0 Å². The van der Waals surface area contributed by atoms with Gasteiger partial charge in [-0.15, -0.1) is 0 Å². The molecule has 4 aromatic rings. The van der Waals surface area contributed by atoms with Gasteiger partial charge in [0.25, 0.3) is 0 Å². The third kappa shape index (κ3) is 4.88. The summed E-state index contributed by atoms with van der Waals surface area (Å²) in [6, 6.07) is 5.77. The molecule has 38 heavy (non-hydrogen) atoms. The van der Waals surface area contributed by atoms with Crippen LogP contribution in [0.3, 0.4) is 0 Å². The van der Waals surface area contributed by atoms with E-state index in [1.54, 1.807) is 6.92 Å². The molecular formula is C28H27F2N5O3. The van der Waals surface area contributed by atoms with E-state index >= 15 is 4.39 Å². The number of pyridine rings is 1. The molecule has 0 spiro atoms. The number of aryl methyl sites for hydroxylation is 1. The number of hydrogen-bond acceptors (Lipinski definition) is 7. The van der Waals surface area contributed by atoms with Crippen molar-refractivity contribution in [2.24, 2.45) is 0 Å². The maximum absolute atomic E-state index is 15.0. The highest BCUT2D eigenvalue weighted by Gasteiger charge is 2.30. The number of nitrogens with zero attached hydrogens (tertiary/aromatic N) is 5. The molecule has 6 rings (SSSR count). The number of carbonyl (C=O) groups is 1. The zero-order valence-corrected chi connectivity index (χ0v) is 21.2. The molecule has 1 aliphatic carbocycles. The van der Waals surface area contributed by atoms with Crippen LogP contribution in [0.25, 0.3) is 22.3 Å². The molecule has 1 aromatic carbocycles. The molecule has 3 aromatic heterocycles. The highest BCUT2D eigenvalue weighted by molar-refractivity contribution is 5.89. The average molecular weight is 520 g/mol. The Labute approximate surface area is 218 Å². The summed E-state index contributed by atoms with van der Waals surface area (Å²) in [5.41, 5.74) is 4.14. The van der Waals surface area contributed by atoms with Crippen molar-refractivity contribution in [2.75, 3.05) is 6.61 Å². The van der Waals surface area contributed by atoms with Crippen LogP contribution in [0.5, 0.6) is 0 Å². The van der Waals surface area contributed by atoms with Crippen molar-refractivity contribution >= 4 is 17.0 Å². The predicted octanol–water partition coefficient (Wildman–Crippen LogP) is 5.51. The second kappa shape index (κ2) is 9.83. The predicted molar refractivity (Wildman–Crippen MR) is 134 cm³/mol. The molecule has 0 amide bonds. The summed E-state index contributed by atoms with van der Waals surface area (Å²) in [6.45, 7) is 3.59. The molecule has 2 aliphatic rings. The van der Waals surface area contributed by atoms with Crippen LogP contribution in [0.2, 0.25) is 0 Å². The maximum Gasteiger partial charge on any atom is 0.303 e. The summed E-state index contributed by atoms with van der Waals surface area (Å²) in [5, 5.41) is 4.51. The van der Waals surface area contributed by atoms with E-state index in [0.29, 0.717) is 41.5 Å². The van der Waals surface area contributed by atoms with Crippen molar-refractivity contribution in [1.29, 1.82) is 0 Å². The van der Waals surface area contributed by atoms with E-state index in [1.165, 1.54) is 19.1 Å². The van der Waals surface area contributed by atoms with Crippen LogP contribution in [-0.2, 0) is 20.9 Å². The van der Waals surface area contributed by atoms with E-state index in [1.807, 2.05) is 16.9 Å². The molecule has 10 heteroatoms. The Morgan fingerprint density at radius 1 is 1.16 bits per heavy atom. The largest absolute Gasteiger partial charge is 0.459 e. The number of ether oxygens (including phenoxy) is 2. The van der Waals surface area contributed by atoms with Crippen LogP contribution in [0.1, 0.15) is 73.3 Å². The lowest BCUT2D eigenvalue weighted by Gasteiger charge is -2.29. The number of halogens is 2. The normalized spacial score (nSPS) is 19.6. The lowest BCUT2D eigenvalue weighted by molar-refractivity contribution is -0.142.